The molecule has 0 saturated carbocycles. The van der Waals surface area contributed by atoms with Gasteiger partial charge in [0.05, 0.1) is 0 Å². The fraction of sp³-hybridized carbons (Fsp3) is 0.308. The van der Waals surface area contributed by atoms with Crippen molar-refractivity contribution in [2.24, 2.45) is 0 Å². The molecule has 3 nitrogen and oxygen atoms in total. The minimum absolute atomic E-state index is 0.642. The van der Waals surface area contributed by atoms with Gasteiger partial charge in [0.15, 0.2) is 5.13 Å². The van der Waals surface area contributed by atoms with Crippen molar-refractivity contribution in [3.8, 4) is 0 Å². The van der Waals surface area contributed by atoms with E-state index in [-0.39, 0.29) is 0 Å². The lowest BCUT2D eigenvalue weighted by Gasteiger charge is -2.17. The van der Waals surface area contributed by atoms with Crippen LogP contribution in [0.5, 0.6) is 0 Å². The van der Waals surface area contributed by atoms with Crippen molar-refractivity contribution in [2.45, 2.75) is 18.0 Å². The molecule has 0 aliphatic carbocycles. The van der Waals surface area contributed by atoms with E-state index in [1.54, 1.807) is 23.1 Å². The summed E-state index contributed by atoms with van der Waals surface area (Å²) in [6, 6.07) is 8.52. The van der Waals surface area contributed by atoms with Gasteiger partial charge in [0.25, 0.3) is 0 Å². The summed E-state index contributed by atoms with van der Waals surface area (Å²) in [5.41, 5.74) is 7.00. The van der Waals surface area contributed by atoms with E-state index in [9.17, 15) is 0 Å². The van der Waals surface area contributed by atoms with Crippen molar-refractivity contribution in [1.29, 1.82) is 0 Å². The number of nitrogens with two attached hydrogens (primary N) is 1. The minimum atomic E-state index is 0.642. The summed E-state index contributed by atoms with van der Waals surface area (Å²) in [7, 11) is 2.12. The molecule has 2 N–H and O–H groups in total. The number of hydrogen-bond acceptors (Lipinski definition) is 5. The topological polar surface area (TPSA) is 42.2 Å². The molecule has 0 fully saturated rings. The summed E-state index contributed by atoms with van der Waals surface area (Å²) in [4.78, 5) is 8.90. The van der Waals surface area contributed by atoms with E-state index in [1.807, 2.05) is 6.20 Å². The molecule has 2 aromatic rings. The van der Waals surface area contributed by atoms with Crippen LogP contribution in [-0.2, 0) is 13.1 Å². The van der Waals surface area contributed by atoms with E-state index in [1.165, 1.54) is 15.3 Å². The van der Waals surface area contributed by atoms with Crippen LogP contribution < -0.4 is 5.73 Å². The first-order valence-electron chi connectivity index (χ1n) is 5.69. The van der Waals surface area contributed by atoms with Gasteiger partial charge < -0.3 is 5.73 Å². The van der Waals surface area contributed by atoms with E-state index in [2.05, 4.69) is 47.5 Å². The first-order valence-corrected chi connectivity index (χ1v) is 7.74. The number of nitrogens with zero attached hydrogens (tertiary/aromatic N) is 2. The number of anilines is 1. The molecule has 18 heavy (non-hydrogen) atoms. The van der Waals surface area contributed by atoms with Crippen LogP contribution in [0.4, 0.5) is 5.13 Å². The molecule has 5 heteroatoms. The molecule has 0 aliphatic heterocycles. The predicted molar refractivity (Wildman–Crippen MR) is 79.9 cm³/mol. The molecule has 0 radical (unpaired) electrons. The Bertz CT molecular complexity index is 510. The van der Waals surface area contributed by atoms with E-state index in [0.717, 1.165) is 13.1 Å². The van der Waals surface area contributed by atoms with Gasteiger partial charge in [-0.3, -0.25) is 4.90 Å². The van der Waals surface area contributed by atoms with Crippen LogP contribution in [0.2, 0.25) is 0 Å². The number of benzene rings is 1. The average molecular weight is 279 g/mol. The Hall–Kier alpha value is -1.04. The smallest absolute Gasteiger partial charge is 0.180 e. The van der Waals surface area contributed by atoms with E-state index >= 15 is 0 Å². The van der Waals surface area contributed by atoms with Crippen LogP contribution in [0.3, 0.4) is 0 Å². The molecule has 0 unspecified atom stereocenters. The summed E-state index contributed by atoms with van der Waals surface area (Å²) >= 11 is 3.35. The molecule has 96 valence electrons. The molecular formula is C13H17N3S2. The van der Waals surface area contributed by atoms with Crippen molar-refractivity contribution in [3.05, 3.63) is 40.9 Å². The van der Waals surface area contributed by atoms with Gasteiger partial charge >= 0.3 is 0 Å². The second kappa shape index (κ2) is 6.22. The number of rotatable bonds is 5. The second-order valence-electron chi connectivity index (χ2n) is 4.15. The normalized spacial score (nSPS) is 11.1. The first kappa shape index (κ1) is 13.4. The number of aromatic nitrogens is 1. The molecule has 0 amide bonds. The van der Waals surface area contributed by atoms with Crippen molar-refractivity contribution < 1.29 is 0 Å². The number of nitrogen functional groups attached to an aromatic ring is 1. The lowest BCUT2D eigenvalue weighted by atomic mass is 10.2. The van der Waals surface area contributed by atoms with Crippen LogP contribution in [0.25, 0.3) is 0 Å². The Morgan fingerprint density at radius 3 is 2.78 bits per heavy atom. The molecule has 1 aromatic heterocycles. The first-order chi connectivity index (χ1) is 8.69. The quantitative estimate of drug-likeness (QED) is 0.854. The zero-order chi connectivity index (χ0) is 13.0. The Kier molecular flexibility index (Phi) is 4.63. The third-order valence-corrected chi connectivity index (χ3v) is 4.28. The Labute approximate surface area is 116 Å². The molecular weight excluding hydrogens is 262 g/mol. The zero-order valence-corrected chi connectivity index (χ0v) is 12.2. The third-order valence-electron chi connectivity index (χ3n) is 2.63. The maximum absolute atomic E-state index is 5.64. The summed E-state index contributed by atoms with van der Waals surface area (Å²) in [5, 5.41) is 0.642. The van der Waals surface area contributed by atoms with Crippen LogP contribution >= 0.6 is 23.1 Å². The predicted octanol–water partition coefficient (Wildman–Crippen LogP) is 3.08. The summed E-state index contributed by atoms with van der Waals surface area (Å²) in [6.45, 7) is 1.83. The van der Waals surface area contributed by atoms with Crippen LogP contribution in [0, 0.1) is 0 Å². The molecule has 0 atom stereocenters. The standard InChI is InChI=1S/C13H17N3S2/c1-16(9-11-7-15-13(14)18-11)8-10-5-3-4-6-12(10)17-2/h3-7H,8-9H2,1-2H3,(H2,14,15). The SMILES string of the molecule is CSc1ccccc1CN(C)Cc1cnc(N)s1. The zero-order valence-electron chi connectivity index (χ0n) is 10.6. The number of thiazole rings is 1. The van der Waals surface area contributed by atoms with Gasteiger partial charge in [-0.1, -0.05) is 18.2 Å². The Balaban J connectivity index is 2.00. The molecule has 0 aliphatic rings. The summed E-state index contributed by atoms with van der Waals surface area (Å²) in [6.07, 6.45) is 3.97. The van der Waals surface area contributed by atoms with Crippen molar-refractivity contribution in [3.63, 3.8) is 0 Å². The highest BCUT2D eigenvalue weighted by atomic mass is 32.2. The van der Waals surface area contributed by atoms with Gasteiger partial charge in [0.1, 0.15) is 0 Å². The van der Waals surface area contributed by atoms with Gasteiger partial charge in [0, 0.05) is 29.1 Å². The van der Waals surface area contributed by atoms with Gasteiger partial charge in [-0.05, 0) is 24.9 Å². The third kappa shape index (κ3) is 3.48. The van der Waals surface area contributed by atoms with Crippen LogP contribution in [0.15, 0.2) is 35.4 Å². The average Bonchev–Trinajstić information content (AvgIpc) is 2.75. The van der Waals surface area contributed by atoms with E-state index in [4.69, 9.17) is 5.73 Å². The summed E-state index contributed by atoms with van der Waals surface area (Å²) < 4.78 is 0. The number of thioether (sulfide) groups is 1. The molecule has 1 aromatic carbocycles. The van der Waals surface area contributed by atoms with E-state index in [0.29, 0.717) is 5.13 Å². The molecule has 2 rings (SSSR count). The minimum Gasteiger partial charge on any atom is -0.375 e. The molecule has 0 bridgehead atoms. The van der Waals surface area contributed by atoms with Gasteiger partial charge in [-0.15, -0.1) is 23.1 Å². The maximum atomic E-state index is 5.64. The fourth-order valence-corrected chi connectivity index (χ4v) is 3.22. The fourth-order valence-electron chi connectivity index (χ4n) is 1.84. The van der Waals surface area contributed by atoms with Crippen LogP contribution in [0.1, 0.15) is 10.4 Å². The summed E-state index contributed by atoms with van der Waals surface area (Å²) in [5.74, 6) is 0. The van der Waals surface area contributed by atoms with Crippen LogP contribution in [-0.4, -0.2) is 23.2 Å². The Morgan fingerprint density at radius 2 is 2.11 bits per heavy atom. The van der Waals surface area contributed by atoms with Crippen molar-refractivity contribution in [1.82, 2.24) is 9.88 Å². The molecule has 0 saturated heterocycles. The number of hydrogen-bond donors (Lipinski definition) is 1. The molecule has 1 heterocycles. The maximum Gasteiger partial charge on any atom is 0.180 e. The van der Waals surface area contributed by atoms with Crippen molar-refractivity contribution >= 4 is 28.2 Å². The van der Waals surface area contributed by atoms with Crippen molar-refractivity contribution in [2.75, 3.05) is 19.0 Å². The van der Waals surface area contributed by atoms with Gasteiger partial charge in [0.2, 0.25) is 0 Å². The lowest BCUT2D eigenvalue weighted by molar-refractivity contribution is 0.319. The molecule has 0 spiro atoms. The highest BCUT2D eigenvalue weighted by molar-refractivity contribution is 7.98. The van der Waals surface area contributed by atoms with E-state index < -0.39 is 0 Å². The highest BCUT2D eigenvalue weighted by Gasteiger charge is 2.07. The lowest BCUT2D eigenvalue weighted by Crippen LogP contribution is -2.16. The van der Waals surface area contributed by atoms with Gasteiger partial charge in [-0.25, -0.2) is 4.98 Å². The Morgan fingerprint density at radius 1 is 1.33 bits per heavy atom. The second-order valence-corrected chi connectivity index (χ2v) is 6.14. The highest BCUT2D eigenvalue weighted by Crippen LogP contribution is 2.22. The monoisotopic (exact) mass is 279 g/mol. The largest absolute Gasteiger partial charge is 0.375 e. The van der Waals surface area contributed by atoms with Gasteiger partial charge in [-0.2, -0.15) is 0 Å².